The Morgan fingerprint density at radius 1 is 1.12 bits per heavy atom. The highest BCUT2D eigenvalue weighted by Crippen LogP contribution is 2.36. The van der Waals surface area contributed by atoms with Crippen LogP contribution in [-0.4, -0.2) is 53.3 Å². The molecule has 0 bridgehead atoms. The molecule has 2 aliphatic rings. The Morgan fingerprint density at radius 3 is 2.15 bits per heavy atom. The van der Waals surface area contributed by atoms with Crippen LogP contribution in [0, 0.1) is 11.8 Å². The third kappa shape index (κ3) is 4.27. The average molecular weight is 365 g/mol. The number of nitrogens with one attached hydrogen (secondary N) is 2. The molecule has 0 aromatic heterocycles. The van der Waals surface area contributed by atoms with Crippen molar-refractivity contribution in [3.8, 4) is 0 Å². The van der Waals surface area contributed by atoms with Gasteiger partial charge in [-0.05, 0) is 33.6 Å². The van der Waals surface area contributed by atoms with Gasteiger partial charge in [-0.25, -0.2) is 9.59 Å². The van der Waals surface area contributed by atoms with Crippen molar-refractivity contribution in [2.75, 3.05) is 6.61 Å². The second-order valence-corrected chi connectivity index (χ2v) is 6.66. The number of ether oxygens (including phenoxy) is 1. The van der Waals surface area contributed by atoms with E-state index in [-0.39, 0.29) is 6.04 Å². The van der Waals surface area contributed by atoms with Crippen molar-refractivity contribution in [3.05, 3.63) is 12.2 Å². The predicted molar refractivity (Wildman–Crippen MR) is 89.4 cm³/mol. The molecule has 1 heterocycles. The Bertz CT molecular complexity index is 631. The molecule has 5 amide bonds. The van der Waals surface area contributed by atoms with E-state index in [2.05, 4.69) is 5.32 Å². The molecule has 0 aromatic carbocycles. The quantitative estimate of drug-likeness (QED) is 0.405. The zero-order valence-corrected chi connectivity index (χ0v) is 15.0. The minimum absolute atomic E-state index is 0.157. The molecule has 0 radical (unpaired) electrons. The molecular weight excluding hydrogens is 342 g/mol. The Hall–Kier alpha value is -2.71. The first-order chi connectivity index (χ1) is 12.2. The van der Waals surface area contributed by atoms with E-state index in [1.54, 1.807) is 13.8 Å². The lowest BCUT2D eigenvalue weighted by atomic mass is 9.85. The van der Waals surface area contributed by atoms with E-state index in [9.17, 15) is 24.0 Å². The number of likely N-dealkylation sites (tertiary alicyclic amines) is 1. The summed E-state index contributed by atoms with van der Waals surface area (Å²) in [6.07, 6.45) is 4.65. The summed E-state index contributed by atoms with van der Waals surface area (Å²) in [4.78, 5) is 60.9. The van der Waals surface area contributed by atoms with Crippen molar-refractivity contribution < 1.29 is 28.7 Å². The van der Waals surface area contributed by atoms with E-state index in [1.807, 2.05) is 17.5 Å². The van der Waals surface area contributed by atoms with Gasteiger partial charge in [0.25, 0.3) is 5.91 Å². The molecular formula is C17H23N3O6. The Kier molecular flexibility index (Phi) is 6.12. The summed E-state index contributed by atoms with van der Waals surface area (Å²) in [5.41, 5.74) is 0. The maximum atomic E-state index is 12.4. The maximum absolute atomic E-state index is 12.4. The first-order valence-electron chi connectivity index (χ1n) is 8.51. The van der Waals surface area contributed by atoms with Crippen molar-refractivity contribution >= 4 is 29.7 Å². The van der Waals surface area contributed by atoms with Gasteiger partial charge >= 0.3 is 12.0 Å². The van der Waals surface area contributed by atoms with Crippen molar-refractivity contribution in [1.29, 1.82) is 0 Å². The van der Waals surface area contributed by atoms with Gasteiger partial charge in [0.2, 0.25) is 11.8 Å². The minimum atomic E-state index is -1.13. The molecule has 1 aliphatic carbocycles. The second-order valence-electron chi connectivity index (χ2n) is 6.66. The van der Waals surface area contributed by atoms with Crippen LogP contribution in [-0.2, 0) is 23.9 Å². The molecule has 1 fully saturated rings. The van der Waals surface area contributed by atoms with Crippen molar-refractivity contribution in [2.45, 2.75) is 45.7 Å². The number of hydrogen-bond donors (Lipinski definition) is 2. The zero-order chi connectivity index (χ0) is 19.4. The summed E-state index contributed by atoms with van der Waals surface area (Å²) in [6, 6.07) is -1.98. The summed E-state index contributed by atoms with van der Waals surface area (Å²) in [5, 5.41) is 4.47. The van der Waals surface area contributed by atoms with Gasteiger partial charge in [0.15, 0.2) is 6.61 Å². The lowest BCUT2D eigenvalue weighted by molar-refractivity contribution is -0.159. The van der Waals surface area contributed by atoms with Crippen LogP contribution in [0.5, 0.6) is 0 Å². The highest BCUT2D eigenvalue weighted by Gasteiger charge is 2.50. The monoisotopic (exact) mass is 365 g/mol. The molecule has 9 nitrogen and oxygen atoms in total. The van der Waals surface area contributed by atoms with Gasteiger partial charge < -0.3 is 10.1 Å². The first kappa shape index (κ1) is 19.6. The van der Waals surface area contributed by atoms with Crippen molar-refractivity contribution in [1.82, 2.24) is 15.5 Å². The number of hydrogen-bond acceptors (Lipinski definition) is 6. The number of esters is 1. The summed E-state index contributed by atoms with van der Waals surface area (Å²) >= 11 is 0. The fourth-order valence-electron chi connectivity index (χ4n) is 3.03. The van der Waals surface area contributed by atoms with Crippen LogP contribution in [0.1, 0.15) is 33.6 Å². The molecule has 2 N–H and O–H groups in total. The molecule has 2 rings (SSSR count). The molecule has 0 aromatic rings. The number of fused-ring (bicyclic) bond motifs is 1. The van der Waals surface area contributed by atoms with Crippen molar-refractivity contribution in [2.24, 2.45) is 11.8 Å². The van der Waals surface area contributed by atoms with Gasteiger partial charge in [0, 0.05) is 6.04 Å². The van der Waals surface area contributed by atoms with Crippen LogP contribution < -0.4 is 10.6 Å². The highest BCUT2D eigenvalue weighted by molar-refractivity contribution is 6.08. The average Bonchev–Trinajstić information content (AvgIpc) is 2.82. The number of amides is 5. The summed E-state index contributed by atoms with van der Waals surface area (Å²) < 4.78 is 4.84. The van der Waals surface area contributed by atoms with Crippen molar-refractivity contribution in [3.63, 3.8) is 0 Å². The summed E-state index contributed by atoms with van der Waals surface area (Å²) in [6.45, 7) is 4.15. The van der Waals surface area contributed by atoms with Gasteiger partial charge in [-0.3, -0.25) is 24.6 Å². The summed E-state index contributed by atoms with van der Waals surface area (Å²) in [7, 11) is 0. The Labute approximate surface area is 151 Å². The lowest BCUT2D eigenvalue weighted by Gasteiger charge is -2.21. The molecule has 9 heteroatoms. The zero-order valence-electron chi connectivity index (χ0n) is 15.0. The molecule has 1 aliphatic heterocycles. The number of imide groups is 2. The van der Waals surface area contributed by atoms with E-state index < -0.39 is 54.2 Å². The van der Waals surface area contributed by atoms with E-state index in [4.69, 9.17) is 4.74 Å². The number of carbonyl (C=O) groups excluding carboxylic acids is 5. The van der Waals surface area contributed by atoms with Gasteiger partial charge in [-0.1, -0.05) is 12.2 Å². The SMILES string of the molecule is CC(C)NC(=O)NC(=O)COC(=O)[C@H](C)N1C(=O)[C@H]2CC=CC[C@@H]2C1=O. The smallest absolute Gasteiger partial charge is 0.329 e. The lowest BCUT2D eigenvalue weighted by Crippen LogP contribution is -2.46. The molecule has 0 saturated carbocycles. The normalized spacial score (nSPS) is 22.8. The minimum Gasteiger partial charge on any atom is -0.454 e. The van der Waals surface area contributed by atoms with Crippen LogP contribution in [0.2, 0.25) is 0 Å². The van der Waals surface area contributed by atoms with Crippen LogP contribution in [0.25, 0.3) is 0 Å². The standard InChI is InChI=1S/C17H23N3O6/c1-9(2)18-17(25)19-13(21)8-26-16(24)10(3)20-14(22)11-6-4-5-7-12(11)15(20)23/h4-5,9-12H,6-8H2,1-3H3,(H2,18,19,21,25)/t10-,11-,12-/m0/s1. The summed E-state index contributed by atoms with van der Waals surface area (Å²) in [5.74, 6) is -3.35. The first-order valence-corrected chi connectivity index (χ1v) is 8.51. The van der Waals surface area contributed by atoms with Gasteiger partial charge in [-0.15, -0.1) is 0 Å². The second kappa shape index (κ2) is 8.11. The number of nitrogens with zero attached hydrogens (tertiary/aromatic N) is 1. The number of urea groups is 1. The van der Waals surface area contributed by atoms with E-state index in [0.717, 1.165) is 4.90 Å². The number of carbonyl (C=O) groups is 5. The molecule has 142 valence electrons. The Balaban J connectivity index is 1.88. The van der Waals surface area contributed by atoms with Crippen LogP contribution in [0.15, 0.2) is 12.2 Å². The van der Waals surface area contributed by atoms with E-state index in [1.165, 1.54) is 6.92 Å². The van der Waals surface area contributed by atoms with Crippen LogP contribution in [0.3, 0.4) is 0 Å². The van der Waals surface area contributed by atoms with Crippen LogP contribution >= 0.6 is 0 Å². The molecule has 0 spiro atoms. The highest BCUT2D eigenvalue weighted by atomic mass is 16.5. The Morgan fingerprint density at radius 2 is 1.65 bits per heavy atom. The fourth-order valence-corrected chi connectivity index (χ4v) is 3.03. The molecule has 1 saturated heterocycles. The number of allylic oxidation sites excluding steroid dienone is 2. The molecule has 26 heavy (non-hydrogen) atoms. The molecule has 3 atom stereocenters. The van der Waals surface area contributed by atoms with E-state index in [0.29, 0.717) is 12.8 Å². The predicted octanol–water partition coefficient (Wildman–Crippen LogP) is 0.104. The van der Waals surface area contributed by atoms with E-state index >= 15 is 0 Å². The van der Waals surface area contributed by atoms with Gasteiger partial charge in [-0.2, -0.15) is 0 Å². The maximum Gasteiger partial charge on any atom is 0.329 e. The van der Waals surface area contributed by atoms with Gasteiger partial charge in [0.05, 0.1) is 11.8 Å². The topological polar surface area (TPSA) is 122 Å². The third-order valence-electron chi connectivity index (χ3n) is 4.29. The fraction of sp³-hybridized carbons (Fsp3) is 0.588. The van der Waals surface area contributed by atoms with Crippen LogP contribution in [0.4, 0.5) is 4.79 Å². The molecule has 0 unspecified atom stereocenters. The number of rotatable bonds is 5. The largest absolute Gasteiger partial charge is 0.454 e. The van der Waals surface area contributed by atoms with Gasteiger partial charge in [0.1, 0.15) is 6.04 Å². The third-order valence-corrected chi connectivity index (χ3v) is 4.29.